The molecule has 0 radical (unpaired) electrons. The highest BCUT2D eigenvalue weighted by Gasteiger charge is 2.16. The van der Waals surface area contributed by atoms with Crippen LogP contribution < -0.4 is 15.4 Å². The largest absolute Gasteiger partial charge is 0.496 e. The zero-order valence-corrected chi connectivity index (χ0v) is 11.5. The number of anilines is 1. The summed E-state index contributed by atoms with van der Waals surface area (Å²) in [6.45, 7) is 5.30. The van der Waals surface area contributed by atoms with E-state index in [1.807, 2.05) is 0 Å². The zero-order chi connectivity index (χ0) is 13.0. The first-order chi connectivity index (χ1) is 8.76. The van der Waals surface area contributed by atoms with Gasteiger partial charge < -0.3 is 15.4 Å². The van der Waals surface area contributed by atoms with Crippen LogP contribution in [0.1, 0.15) is 37.7 Å². The maximum absolute atomic E-state index is 5.67. The molecule has 0 aliphatic carbocycles. The quantitative estimate of drug-likeness (QED) is 0.870. The third-order valence-corrected chi connectivity index (χ3v) is 3.82. The van der Waals surface area contributed by atoms with Crippen LogP contribution in [0.15, 0.2) is 18.2 Å². The predicted molar refractivity (Wildman–Crippen MR) is 76.5 cm³/mol. The molecular weight excluding hydrogens is 224 g/mol. The summed E-state index contributed by atoms with van der Waals surface area (Å²) in [5.74, 6) is 1.44. The number of ether oxygens (including phenoxy) is 1. The Bertz CT molecular complexity index is 386. The van der Waals surface area contributed by atoms with E-state index in [2.05, 4.69) is 30.0 Å². The van der Waals surface area contributed by atoms with Crippen LogP contribution >= 0.6 is 0 Å². The van der Waals surface area contributed by atoms with Crippen molar-refractivity contribution in [2.24, 2.45) is 5.73 Å². The van der Waals surface area contributed by atoms with Crippen molar-refractivity contribution in [3.8, 4) is 5.75 Å². The lowest BCUT2D eigenvalue weighted by atomic mass is 9.96. The minimum absolute atomic E-state index is 0.451. The van der Waals surface area contributed by atoms with E-state index >= 15 is 0 Å². The zero-order valence-electron chi connectivity index (χ0n) is 11.5. The molecule has 0 bridgehead atoms. The fraction of sp³-hybridized carbons (Fsp3) is 0.600. The minimum Gasteiger partial charge on any atom is -0.496 e. The highest BCUT2D eigenvalue weighted by atomic mass is 16.5. The van der Waals surface area contributed by atoms with Crippen LogP contribution in [0.25, 0.3) is 0 Å². The van der Waals surface area contributed by atoms with Gasteiger partial charge in [-0.2, -0.15) is 0 Å². The molecule has 3 nitrogen and oxygen atoms in total. The molecule has 0 aromatic heterocycles. The first-order valence-corrected chi connectivity index (χ1v) is 6.89. The molecule has 1 saturated heterocycles. The van der Waals surface area contributed by atoms with Gasteiger partial charge in [0, 0.05) is 18.8 Å². The maximum atomic E-state index is 5.67. The monoisotopic (exact) mass is 248 g/mol. The SMILES string of the molecule is COc1ccc(N2CCCC2)cc1C(C)CCN. The number of nitrogens with zero attached hydrogens (tertiary/aromatic N) is 1. The van der Waals surface area contributed by atoms with Crippen molar-refractivity contribution in [3.63, 3.8) is 0 Å². The molecular formula is C15H24N2O. The summed E-state index contributed by atoms with van der Waals surface area (Å²) in [6, 6.07) is 6.54. The van der Waals surface area contributed by atoms with Gasteiger partial charge in [0.1, 0.15) is 5.75 Å². The first-order valence-electron chi connectivity index (χ1n) is 6.89. The van der Waals surface area contributed by atoms with Gasteiger partial charge in [0.05, 0.1) is 7.11 Å². The molecule has 100 valence electrons. The lowest BCUT2D eigenvalue weighted by molar-refractivity contribution is 0.405. The second kappa shape index (κ2) is 6.10. The average Bonchev–Trinajstić information content (AvgIpc) is 2.92. The fourth-order valence-corrected chi connectivity index (χ4v) is 2.68. The van der Waals surface area contributed by atoms with E-state index in [1.54, 1.807) is 7.11 Å². The van der Waals surface area contributed by atoms with Gasteiger partial charge in [-0.25, -0.2) is 0 Å². The van der Waals surface area contributed by atoms with Crippen molar-refractivity contribution in [3.05, 3.63) is 23.8 Å². The smallest absolute Gasteiger partial charge is 0.122 e. The maximum Gasteiger partial charge on any atom is 0.122 e. The third-order valence-electron chi connectivity index (χ3n) is 3.82. The summed E-state index contributed by atoms with van der Waals surface area (Å²) in [5, 5.41) is 0. The van der Waals surface area contributed by atoms with E-state index in [4.69, 9.17) is 10.5 Å². The Morgan fingerprint density at radius 3 is 2.67 bits per heavy atom. The van der Waals surface area contributed by atoms with Crippen LogP contribution in [0.5, 0.6) is 5.75 Å². The highest BCUT2D eigenvalue weighted by molar-refractivity contribution is 5.54. The summed E-state index contributed by atoms with van der Waals surface area (Å²) < 4.78 is 5.47. The lowest BCUT2D eigenvalue weighted by Crippen LogP contribution is -2.18. The number of hydrogen-bond donors (Lipinski definition) is 1. The highest BCUT2D eigenvalue weighted by Crippen LogP contribution is 2.33. The Morgan fingerprint density at radius 2 is 2.06 bits per heavy atom. The Morgan fingerprint density at radius 1 is 1.33 bits per heavy atom. The molecule has 3 heteroatoms. The number of nitrogens with two attached hydrogens (primary N) is 1. The number of rotatable bonds is 5. The van der Waals surface area contributed by atoms with E-state index in [9.17, 15) is 0 Å². The van der Waals surface area contributed by atoms with Crippen molar-refractivity contribution in [2.45, 2.75) is 32.1 Å². The van der Waals surface area contributed by atoms with Gasteiger partial charge >= 0.3 is 0 Å². The molecule has 1 aromatic carbocycles. The van der Waals surface area contributed by atoms with Crippen molar-refractivity contribution >= 4 is 5.69 Å². The van der Waals surface area contributed by atoms with Gasteiger partial charge in [-0.3, -0.25) is 0 Å². The van der Waals surface area contributed by atoms with Crippen molar-refractivity contribution in [1.82, 2.24) is 0 Å². The van der Waals surface area contributed by atoms with E-state index < -0.39 is 0 Å². The summed E-state index contributed by atoms with van der Waals surface area (Å²) in [4.78, 5) is 2.46. The second-order valence-corrected chi connectivity index (χ2v) is 5.10. The first kappa shape index (κ1) is 13.2. The molecule has 1 fully saturated rings. The molecule has 2 N–H and O–H groups in total. The Labute approximate surface area is 110 Å². The molecule has 1 aliphatic rings. The van der Waals surface area contributed by atoms with E-state index in [0.29, 0.717) is 5.92 Å². The second-order valence-electron chi connectivity index (χ2n) is 5.10. The summed E-state index contributed by atoms with van der Waals surface area (Å²) in [5.41, 5.74) is 8.28. The molecule has 1 unspecified atom stereocenters. The molecule has 18 heavy (non-hydrogen) atoms. The van der Waals surface area contributed by atoms with E-state index in [-0.39, 0.29) is 0 Å². The number of hydrogen-bond acceptors (Lipinski definition) is 3. The molecule has 0 amide bonds. The van der Waals surface area contributed by atoms with E-state index in [1.165, 1.54) is 37.2 Å². The van der Waals surface area contributed by atoms with Crippen LogP contribution in [0.4, 0.5) is 5.69 Å². The van der Waals surface area contributed by atoms with Crippen LogP contribution in [0.3, 0.4) is 0 Å². The van der Waals surface area contributed by atoms with Gasteiger partial charge in [-0.15, -0.1) is 0 Å². The molecule has 1 aromatic rings. The topological polar surface area (TPSA) is 38.5 Å². The van der Waals surface area contributed by atoms with Crippen LogP contribution in [0, 0.1) is 0 Å². The Hall–Kier alpha value is -1.22. The van der Waals surface area contributed by atoms with Gasteiger partial charge in [0.2, 0.25) is 0 Å². The van der Waals surface area contributed by atoms with Crippen LogP contribution in [-0.4, -0.2) is 26.7 Å². The normalized spacial score (nSPS) is 16.9. The molecule has 1 heterocycles. The van der Waals surface area contributed by atoms with Crippen molar-refractivity contribution < 1.29 is 4.74 Å². The standard InChI is InChI=1S/C15H24N2O/c1-12(7-8-16)14-11-13(5-6-15(14)18-2)17-9-3-4-10-17/h5-6,11-12H,3-4,7-10,16H2,1-2H3. The summed E-state index contributed by atoms with van der Waals surface area (Å²) in [6.07, 6.45) is 3.61. The van der Waals surface area contributed by atoms with Gasteiger partial charge in [-0.05, 0) is 55.5 Å². The lowest BCUT2D eigenvalue weighted by Gasteiger charge is -2.22. The molecule has 0 spiro atoms. The van der Waals surface area contributed by atoms with Gasteiger partial charge in [-0.1, -0.05) is 6.92 Å². The molecule has 1 aliphatic heterocycles. The summed E-state index contributed by atoms with van der Waals surface area (Å²) >= 11 is 0. The Balaban J connectivity index is 2.26. The van der Waals surface area contributed by atoms with Crippen LogP contribution in [-0.2, 0) is 0 Å². The van der Waals surface area contributed by atoms with Crippen molar-refractivity contribution in [1.29, 1.82) is 0 Å². The average molecular weight is 248 g/mol. The fourth-order valence-electron chi connectivity index (χ4n) is 2.68. The minimum atomic E-state index is 0.451. The van der Waals surface area contributed by atoms with Crippen LogP contribution in [0.2, 0.25) is 0 Å². The third kappa shape index (κ3) is 2.78. The molecule has 1 atom stereocenters. The van der Waals surface area contributed by atoms with Gasteiger partial charge in [0.25, 0.3) is 0 Å². The molecule has 0 saturated carbocycles. The van der Waals surface area contributed by atoms with E-state index in [0.717, 1.165) is 18.7 Å². The number of benzene rings is 1. The Kier molecular flexibility index (Phi) is 4.48. The molecule has 2 rings (SSSR count). The predicted octanol–water partition coefficient (Wildman–Crippen LogP) is 2.75. The van der Waals surface area contributed by atoms with Crippen molar-refractivity contribution in [2.75, 3.05) is 31.6 Å². The van der Waals surface area contributed by atoms with Gasteiger partial charge in [0.15, 0.2) is 0 Å². The summed E-state index contributed by atoms with van der Waals surface area (Å²) in [7, 11) is 1.74. The number of methoxy groups -OCH3 is 1.